The van der Waals surface area contributed by atoms with Gasteiger partial charge in [-0.1, -0.05) is 30.3 Å². The molecular formula is C21H27F3N6O. The molecule has 0 atom stereocenters. The first-order valence-corrected chi connectivity index (χ1v) is 10.7. The van der Waals surface area contributed by atoms with Crippen LogP contribution in [0.5, 0.6) is 6.01 Å². The lowest BCUT2D eigenvalue weighted by atomic mass is 10.1. The first-order valence-electron chi connectivity index (χ1n) is 10.7. The monoisotopic (exact) mass is 436 g/mol. The Balaban J connectivity index is 1.46. The molecule has 31 heavy (non-hydrogen) atoms. The van der Waals surface area contributed by atoms with Crippen LogP contribution in [-0.2, 0) is 6.54 Å². The predicted octanol–water partition coefficient (Wildman–Crippen LogP) is 3.13. The van der Waals surface area contributed by atoms with Gasteiger partial charge in [-0.05, 0) is 24.8 Å². The Hall–Kier alpha value is -2.62. The molecule has 0 spiro atoms. The number of piperidine rings is 1. The zero-order valence-electron chi connectivity index (χ0n) is 17.4. The first-order chi connectivity index (χ1) is 15.0. The Morgan fingerprint density at radius 2 is 1.39 bits per heavy atom. The average Bonchev–Trinajstić information content (AvgIpc) is 2.79. The summed E-state index contributed by atoms with van der Waals surface area (Å²) in [4.78, 5) is 19.3. The lowest BCUT2D eigenvalue weighted by Crippen LogP contribution is -2.46. The molecule has 2 fully saturated rings. The van der Waals surface area contributed by atoms with Crippen LogP contribution in [0.1, 0.15) is 24.8 Å². The van der Waals surface area contributed by atoms with E-state index in [9.17, 15) is 13.2 Å². The van der Waals surface area contributed by atoms with E-state index in [0.717, 1.165) is 52.0 Å². The van der Waals surface area contributed by atoms with Gasteiger partial charge in [-0.15, -0.1) is 0 Å². The summed E-state index contributed by atoms with van der Waals surface area (Å²) in [5, 5.41) is 0. The fraction of sp³-hybridized carbons (Fsp3) is 0.571. The largest absolute Gasteiger partial charge is 0.454 e. The number of aromatic nitrogens is 3. The van der Waals surface area contributed by atoms with Crippen LogP contribution < -0.4 is 14.5 Å². The SMILES string of the molecule is FC(F)(F)COc1nc(N2CCCCC2)nc(N2CCN(Cc3ccccc3)CC2)n1. The van der Waals surface area contributed by atoms with Crippen LogP contribution in [0.25, 0.3) is 0 Å². The summed E-state index contributed by atoms with van der Waals surface area (Å²) >= 11 is 0. The van der Waals surface area contributed by atoms with Crippen molar-refractivity contribution in [1.29, 1.82) is 0 Å². The smallest absolute Gasteiger partial charge is 0.422 e. The maximum atomic E-state index is 12.7. The maximum absolute atomic E-state index is 12.7. The van der Waals surface area contributed by atoms with Gasteiger partial charge >= 0.3 is 12.2 Å². The first kappa shape index (κ1) is 21.6. The van der Waals surface area contributed by atoms with Crippen LogP contribution in [-0.4, -0.2) is 71.9 Å². The molecule has 1 aromatic heterocycles. The van der Waals surface area contributed by atoms with Crippen molar-refractivity contribution in [2.75, 3.05) is 55.7 Å². The molecule has 7 nitrogen and oxygen atoms in total. The summed E-state index contributed by atoms with van der Waals surface area (Å²) in [5.41, 5.74) is 1.26. The third-order valence-electron chi connectivity index (χ3n) is 5.50. The molecule has 0 radical (unpaired) electrons. The average molecular weight is 436 g/mol. The number of nitrogens with zero attached hydrogens (tertiary/aromatic N) is 6. The van der Waals surface area contributed by atoms with Gasteiger partial charge < -0.3 is 14.5 Å². The molecule has 0 bridgehead atoms. The lowest BCUT2D eigenvalue weighted by molar-refractivity contribution is -0.154. The van der Waals surface area contributed by atoms with Gasteiger partial charge in [0.1, 0.15) is 0 Å². The van der Waals surface area contributed by atoms with E-state index in [1.54, 1.807) is 0 Å². The highest BCUT2D eigenvalue weighted by Crippen LogP contribution is 2.23. The van der Waals surface area contributed by atoms with Crippen LogP contribution in [0.3, 0.4) is 0 Å². The molecule has 2 aromatic rings. The molecular weight excluding hydrogens is 409 g/mol. The topological polar surface area (TPSA) is 57.6 Å². The minimum absolute atomic E-state index is 0.269. The fourth-order valence-corrected chi connectivity index (χ4v) is 3.87. The summed E-state index contributed by atoms with van der Waals surface area (Å²) in [6.45, 7) is 4.03. The third kappa shape index (κ3) is 6.19. The second kappa shape index (κ2) is 9.67. The molecule has 0 saturated carbocycles. The molecule has 0 amide bonds. The minimum atomic E-state index is -4.44. The standard InChI is InChI=1S/C21H27F3N6O/c22-21(23,24)16-31-20-26-18(29-9-5-2-6-10-29)25-19(27-20)30-13-11-28(12-14-30)15-17-7-3-1-4-8-17/h1,3-4,7-8H,2,5-6,9-16H2. The van der Waals surface area contributed by atoms with E-state index >= 15 is 0 Å². The number of hydrogen-bond acceptors (Lipinski definition) is 7. The highest BCUT2D eigenvalue weighted by atomic mass is 19.4. The Kier molecular flexibility index (Phi) is 6.74. The van der Waals surface area contributed by atoms with Crippen molar-refractivity contribution in [1.82, 2.24) is 19.9 Å². The van der Waals surface area contributed by atoms with Crippen molar-refractivity contribution in [3.8, 4) is 6.01 Å². The van der Waals surface area contributed by atoms with E-state index in [0.29, 0.717) is 25.0 Å². The van der Waals surface area contributed by atoms with Crippen LogP contribution >= 0.6 is 0 Å². The molecule has 3 heterocycles. The van der Waals surface area contributed by atoms with E-state index in [-0.39, 0.29) is 6.01 Å². The van der Waals surface area contributed by atoms with Gasteiger partial charge in [-0.3, -0.25) is 4.90 Å². The third-order valence-corrected chi connectivity index (χ3v) is 5.50. The summed E-state index contributed by atoms with van der Waals surface area (Å²) in [6.07, 6.45) is -1.29. The van der Waals surface area contributed by atoms with Crippen molar-refractivity contribution in [2.24, 2.45) is 0 Å². The van der Waals surface area contributed by atoms with Gasteiger partial charge in [0, 0.05) is 45.8 Å². The van der Waals surface area contributed by atoms with Gasteiger partial charge in [0.2, 0.25) is 11.9 Å². The summed E-state index contributed by atoms with van der Waals surface area (Å²) in [6, 6.07) is 10.00. The molecule has 2 aliphatic rings. The number of rotatable bonds is 6. The highest BCUT2D eigenvalue weighted by molar-refractivity contribution is 5.41. The molecule has 0 unspecified atom stereocenters. The fourth-order valence-electron chi connectivity index (χ4n) is 3.87. The molecule has 4 rings (SSSR count). The molecule has 2 aliphatic heterocycles. The summed E-state index contributed by atoms with van der Waals surface area (Å²) < 4.78 is 42.8. The number of alkyl halides is 3. The van der Waals surface area contributed by atoms with E-state index in [1.165, 1.54) is 5.56 Å². The van der Waals surface area contributed by atoms with Crippen molar-refractivity contribution in [3.05, 3.63) is 35.9 Å². The van der Waals surface area contributed by atoms with Crippen molar-refractivity contribution >= 4 is 11.9 Å². The zero-order chi connectivity index (χ0) is 21.7. The van der Waals surface area contributed by atoms with E-state index in [1.807, 2.05) is 28.0 Å². The second-order valence-corrected chi connectivity index (χ2v) is 7.92. The zero-order valence-corrected chi connectivity index (χ0v) is 17.4. The van der Waals surface area contributed by atoms with Gasteiger partial charge in [-0.2, -0.15) is 28.1 Å². The van der Waals surface area contributed by atoms with Crippen LogP contribution in [0.15, 0.2) is 30.3 Å². The van der Waals surface area contributed by atoms with Crippen molar-refractivity contribution in [2.45, 2.75) is 32.0 Å². The summed E-state index contributed by atoms with van der Waals surface area (Å²) in [5.74, 6) is 0.778. The second-order valence-electron chi connectivity index (χ2n) is 7.92. The molecule has 10 heteroatoms. The Morgan fingerprint density at radius 1 is 0.774 bits per heavy atom. The molecule has 168 valence electrons. The lowest BCUT2D eigenvalue weighted by Gasteiger charge is -2.35. The number of piperazine rings is 1. The molecule has 2 saturated heterocycles. The Labute approximate surface area is 179 Å². The van der Waals surface area contributed by atoms with Gasteiger partial charge in [0.15, 0.2) is 6.61 Å². The Morgan fingerprint density at radius 3 is 2.00 bits per heavy atom. The van der Waals surface area contributed by atoms with Crippen LogP contribution in [0.2, 0.25) is 0 Å². The van der Waals surface area contributed by atoms with E-state index < -0.39 is 12.8 Å². The number of anilines is 2. The van der Waals surface area contributed by atoms with E-state index in [2.05, 4.69) is 32.0 Å². The normalized spacial score (nSPS) is 18.3. The number of benzene rings is 1. The van der Waals surface area contributed by atoms with Crippen LogP contribution in [0, 0.1) is 0 Å². The summed E-state index contributed by atoms with van der Waals surface area (Å²) in [7, 11) is 0. The highest BCUT2D eigenvalue weighted by Gasteiger charge is 2.30. The van der Waals surface area contributed by atoms with Gasteiger partial charge in [0.05, 0.1) is 0 Å². The number of halogens is 3. The van der Waals surface area contributed by atoms with Gasteiger partial charge in [0.25, 0.3) is 0 Å². The van der Waals surface area contributed by atoms with Crippen molar-refractivity contribution < 1.29 is 17.9 Å². The van der Waals surface area contributed by atoms with Gasteiger partial charge in [-0.25, -0.2) is 0 Å². The molecule has 0 N–H and O–H groups in total. The minimum Gasteiger partial charge on any atom is -0.454 e. The molecule has 1 aromatic carbocycles. The maximum Gasteiger partial charge on any atom is 0.422 e. The van der Waals surface area contributed by atoms with Crippen LogP contribution in [0.4, 0.5) is 25.1 Å². The van der Waals surface area contributed by atoms with E-state index in [4.69, 9.17) is 4.74 Å². The number of hydrogen-bond donors (Lipinski definition) is 0. The quantitative estimate of drug-likeness (QED) is 0.690. The number of ether oxygens (including phenoxy) is 1. The predicted molar refractivity (Wildman–Crippen MR) is 111 cm³/mol. The Bertz CT molecular complexity index is 837. The molecule has 0 aliphatic carbocycles. The van der Waals surface area contributed by atoms with Crippen molar-refractivity contribution in [3.63, 3.8) is 0 Å².